The molecular weight excluding hydrogens is 249 g/mol. The van der Waals surface area contributed by atoms with Gasteiger partial charge in [-0.25, -0.2) is 0 Å². The zero-order chi connectivity index (χ0) is 9.99. The van der Waals surface area contributed by atoms with Gasteiger partial charge in [0.2, 0.25) is 0 Å². The third-order valence-corrected chi connectivity index (χ3v) is 5.43. The molecule has 0 aliphatic heterocycles. The average molecular weight is 257 g/mol. The van der Waals surface area contributed by atoms with Crippen LogP contribution in [0.5, 0.6) is 0 Å². The van der Waals surface area contributed by atoms with Crippen LogP contribution in [0.2, 0.25) is 0 Å². The van der Waals surface area contributed by atoms with Gasteiger partial charge in [0.25, 0.3) is 4.07 Å². The standard InChI is InChI=1S/C4H8Cl3O4P/c1-10-12(9,11-2)4(6,7)3(5)8/h3,8H,1-2H3. The summed E-state index contributed by atoms with van der Waals surface area (Å²) in [7, 11) is -1.62. The van der Waals surface area contributed by atoms with Gasteiger partial charge < -0.3 is 14.2 Å². The summed E-state index contributed by atoms with van der Waals surface area (Å²) in [6.07, 6.45) is 0. The van der Waals surface area contributed by atoms with Gasteiger partial charge in [-0.1, -0.05) is 34.8 Å². The molecule has 0 aliphatic rings. The maximum absolute atomic E-state index is 11.5. The van der Waals surface area contributed by atoms with E-state index in [9.17, 15) is 4.57 Å². The lowest BCUT2D eigenvalue weighted by molar-refractivity contribution is 0.218. The number of aliphatic hydroxyl groups is 1. The lowest BCUT2D eigenvalue weighted by atomic mass is 10.8. The summed E-state index contributed by atoms with van der Waals surface area (Å²) in [5, 5.41) is 8.85. The summed E-state index contributed by atoms with van der Waals surface area (Å²) in [6, 6.07) is 0. The second kappa shape index (κ2) is 4.47. The Hall–Kier alpha value is 0.980. The highest BCUT2D eigenvalue weighted by molar-refractivity contribution is 7.60. The van der Waals surface area contributed by atoms with Crippen molar-refractivity contribution in [3.8, 4) is 0 Å². The largest absolute Gasteiger partial charge is 0.374 e. The van der Waals surface area contributed by atoms with E-state index in [-0.39, 0.29) is 0 Å². The SMILES string of the molecule is COP(=O)(OC)C(Cl)(Cl)C(O)Cl. The minimum absolute atomic E-state index is 1.09. The lowest BCUT2D eigenvalue weighted by Gasteiger charge is -2.27. The molecule has 0 aromatic heterocycles. The number of halogens is 3. The second-order valence-electron chi connectivity index (χ2n) is 1.79. The average Bonchev–Trinajstić information content (AvgIpc) is 2.02. The molecule has 74 valence electrons. The van der Waals surface area contributed by atoms with E-state index in [0.29, 0.717) is 0 Å². The first kappa shape index (κ1) is 13.0. The summed E-state index contributed by atoms with van der Waals surface area (Å²) in [5.74, 6) is 0. The summed E-state index contributed by atoms with van der Waals surface area (Å²) < 4.78 is 18.2. The molecule has 0 aliphatic carbocycles. The number of hydrogen-bond donors (Lipinski definition) is 1. The predicted octanol–water partition coefficient (Wildman–Crippen LogP) is 2.16. The fourth-order valence-corrected chi connectivity index (χ4v) is 2.53. The first-order valence-electron chi connectivity index (χ1n) is 2.73. The molecule has 0 amide bonds. The maximum atomic E-state index is 11.5. The Morgan fingerprint density at radius 2 is 1.75 bits per heavy atom. The summed E-state index contributed by atoms with van der Waals surface area (Å²) >= 11 is 16.1. The number of hydrogen-bond acceptors (Lipinski definition) is 4. The van der Waals surface area contributed by atoms with Crippen LogP contribution in [0.4, 0.5) is 0 Å². The van der Waals surface area contributed by atoms with Crippen molar-refractivity contribution >= 4 is 42.4 Å². The smallest absolute Gasteiger partial charge is 0.369 e. The van der Waals surface area contributed by atoms with E-state index in [1.54, 1.807) is 0 Å². The van der Waals surface area contributed by atoms with E-state index >= 15 is 0 Å². The second-order valence-corrected chi connectivity index (χ2v) is 6.54. The van der Waals surface area contributed by atoms with Crippen molar-refractivity contribution in [2.75, 3.05) is 14.2 Å². The Morgan fingerprint density at radius 1 is 1.42 bits per heavy atom. The third-order valence-electron chi connectivity index (χ3n) is 1.13. The fourth-order valence-electron chi connectivity index (χ4n) is 0.448. The number of alkyl halides is 3. The molecule has 1 N–H and O–H groups in total. The van der Waals surface area contributed by atoms with E-state index in [1.165, 1.54) is 0 Å². The lowest BCUT2D eigenvalue weighted by Crippen LogP contribution is -2.27. The normalized spacial score (nSPS) is 16.2. The van der Waals surface area contributed by atoms with Crippen LogP contribution >= 0.6 is 42.4 Å². The quantitative estimate of drug-likeness (QED) is 0.619. The van der Waals surface area contributed by atoms with Crippen molar-refractivity contribution in [3.63, 3.8) is 0 Å². The molecule has 0 fully saturated rings. The van der Waals surface area contributed by atoms with Gasteiger partial charge in [-0.15, -0.1) is 0 Å². The van der Waals surface area contributed by atoms with Crippen LogP contribution in [-0.4, -0.2) is 29.0 Å². The summed E-state index contributed by atoms with van der Waals surface area (Å²) in [4.78, 5) is 0. The molecule has 0 radical (unpaired) electrons. The summed E-state index contributed by atoms with van der Waals surface area (Å²) in [5.41, 5.74) is -1.74. The molecule has 0 saturated carbocycles. The molecule has 1 unspecified atom stereocenters. The van der Waals surface area contributed by atoms with Gasteiger partial charge in [0, 0.05) is 14.2 Å². The molecule has 0 rings (SSSR count). The zero-order valence-corrected chi connectivity index (χ0v) is 9.49. The maximum Gasteiger partial charge on any atom is 0.369 e. The highest BCUT2D eigenvalue weighted by Crippen LogP contribution is 2.65. The van der Waals surface area contributed by atoms with E-state index in [0.717, 1.165) is 14.2 Å². The highest BCUT2D eigenvalue weighted by Gasteiger charge is 2.52. The van der Waals surface area contributed by atoms with Crippen molar-refractivity contribution in [2.24, 2.45) is 0 Å². The number of rotatable bonds is 4. The van der Waals surface area contributed by atoms with Crippen molar-refractivity contribution in [1.29, 1.82) is 0 Å². The topological polar surface area (TPSA) is 55.8 Å². The molecule has 0 spiro atoms. The molecule has 8 heteroatoms. The van der Waals surface area contributed by atoms with Gasteiger partial charge in [-0.05, 0) is 0 Å². The minimum atomic E-state index is -3.79. The first-order chi connectivity index (χ1) is 5.31. The van der Waals surface area contributed by atoms with E-state index < -0.39 is 17.2 Å². The molecule has 12 heavy (non-hydrogen) atoms. The third kappa shape index (κ3) is 2.26. The van der Waals surface area contributed by atoms with Gasteiger partial charge in [-0.3, -0.25) is 4.57 Å². The Morgan fingerprint density at radius 3 is 1.83 bits per heavy atom. The zero-order valence-electron chi connectivity index (χ0n) is 6.33. The number of aliphatic hydroxyl groups excluding tert-OH is 1. The minimum Gasteiger partial charge on any atom is -0.374 e. The Labute approximate surface area is 85.2 Å². The molecule has 1 atom stereocenters. The molecule has 0 bridgehead atoms. The van der Waals surface area contributed by atoms with Crippen LogP contribution in [0, 0.1) is 0 Å². The van der Waals surface area contributed by atoms with Gasteiger partial charge in [0.05, 0.1) is 0 Å². The van der Waals surface area contributed by atoms with Gasteiger partial charge in [-0.2, -0.15) is 0 Å². The van der Waals surface area contributed by atoms with Crippen LogP contribution in [-0.2, 0) is 13.6 Å². The molecule has 0 heterocycles. The predicted molar refractivity (Wildman–Crippen MR) is 47.9 cm³/mol. The van der Waals surface area contributed by atoms with Crippen molar-refractivity contribution in [1.82, 2.24) is 0 Å². The van der Waals surface area contributed by atoms with Gasteiger partial charge >= 0.3 is 7.60 Å². The van der Waals surface area contributed by atoms with Gasteiger partial charge in [0.15, 0.2) is 5.56 Å². The Kier molecular flexibility index (Phi) is 4.83. The fraction of sp³-hybridized carbons (Fsp3) is 1.00. The molecular formula is C4H8Cl3O4P. The molecule has 0 aromatic rings. The van der Waals surface area contributed by atoms with E-state index in [1.807, 2.05) is 0 Å². The van der Waals surface area contributed by atoms with E-state index in [2.05, 4.69) is 9.05 Å². The van der Waals surface area contributed by atoms with Crippen LogP contribution < -0.4 is 0 Å². The van der Waals surface area contributed by atoms with Crippen molar-refractivity contribution in [3.05, 3.63) is 0 Å². The monoisotopic (exact) mass is 256 g/mol. The Bertz CT molecular complexity index is 187. The molecule has 4 nitrogen and oxygen atoms in total. The molecule has 0 aromatic carbocycles. The molecule has 0 saturated heterocycles. The first-order valence-corrected chi connectivity index (χ1v) is 5.47. The summed E-state index contributed by atoms with van der Waals surface area (Å²) in [6.45, 7) is 0. The van der Waals surface area contributed by atoms with Crippen LogP contribution in [0.3, 0.4) is 0 Å². The Balaban J connectivity index is 4.84. The highest BCUT2D eigenvalue weighted by atomic mass is 35.5. The van der Waals surface area contributed by atoms with E-state index in [4.69, 9.17) is 39.9 Å². The van der Waals surface area contributed by atoms with Crippen molar-refractivity contribution in [2.45, 2.75) is 9.64 Å². The van der Waals surface area contributed by atoms with Crippen LogP contribution in [0.1, 0.15) is 0 Å². The van der Waals surface area contributed by atoms with Crippen LogP contribution in [0.15, 0.2) is 0 Å². The van der Waals surface area contributed by atoms with Crippen molar-refractivity contribution < 1.29 is 18.7 Å². The van der Waals surface area contributed by atoms with Crippen LogP contribution in [0.25, 0.3) is 0 Å². The van der Waals surface area contributed by atoms with Gasteiger partial charge in [0.1, 0.15) is 0 Å².